The van der Waals surface area contributed by atoms with E-state index in [-0.39, 0.29) is 12.1 Å². The highest BCUT2D eigenvalue weighted by molar-refractivity contribution is 7.87. The lowest BCUT2D eigenvalue weighted by atomic mass is 10.1. The number of carboxylic acid groups (broad SMARTS) is 1. The molecule has 0 saturated carbocycles. The van der Waals surface area contributed by atoms with Crippen molar-refractivity contribution in [2.75, 3.05) is 20.6 Å². The second-order valence-electron chi connectivity index (χ2n) is 3.93. The number of carbonyl (C=O) groups is 1. The third-order valence-corrected chi connectivity index (χ3v) is 3.91. The lowest BCUT2D eigenvalue weighted by molar-refractivity contribution is 0.0697. The highest BCUT2D eigenvalue weighted by Gasteiger charge is 2.11. The molecule has 100 valence electrons. The van der Waals surface area contributed by atoms with Gasteiger partial charge < -0.3 is 5.11 Å². The molecule has 0 unspecified atom stereocenters. The molecule has 18 heavy (non-hydrogen) atoms. The van der Waals surface area contributed by atoms with E-state index in [1.54, 1.807) is 12.1 Å². The Morgan fingerprint density at radius 1 is 1.28 bits per heavy atom. The predicted octanol–water partition coefficient (Wildman–Crippen LogP) is 0.323. The molecule has 1 aromatic carbocycles. The Hall–Kier alpha value is -1.44. The van der Waals surface area contributed by atoms with Crippen LogP contribution in [0.2, 0.25) is 0 Å². The molecule has 6 nitrogen and oxygen atoms in total. The van der Waals surface area contributed by atoms with Crippen molar-refractivity contribution in [2.45, 2.75) is 6.42 Å². The van der Waals surface area contributed by atoms with Gasteiger partial charge in [0, 0.05) is 20.6 Å². The van der Waals surface area contributed by atoms with Gasteiger partial charge in [0.25, 0.3) is 10.2 Å². The lowest BCUT2D eigenvalue weighted by Gasteiger charge is -2.12. The molecule has 0 spiro atoms. The molecule has 2 N–H and O–H groups in total. The van der Waals surface area contributed by atoms with Crippen LogP contribution in [0.5, 0.6) is 0 Å². The zero-order valence-electron chi connectivity index (χ0n) is 10.3. The van der Waals surface area contributed by atoms with Crippen LogP contribution in [0.25, 0.3) is 0 Å². The van der Waals surface area contributed by atoms with E-state index >= 15 is 0 Å². The minimum absolute atomic E-state index is 0.215. The standard InChI is InChI=1S/C11H16N2O4S/c1-13(2)18(16,17)12-8-7-9-3-5-10(6-4-9)11(14)15/h3-6,12H,7-8H2,1-2H3,(H,14,15). The van der Waals surface area contributed by atoms with E-state index in [4.69, 9.17) is 5.11 Å². The van der Waals surface area contributed by atoms with Gasteiger partial charge >= 0.3 is 5.97 Å². The molecule has 0 amide bonds. The number of carboxylic acids is 1. The summed E-state index contributed by atoms with van der Waals surface area (Å²) in [5, 5.41) is 8.72. The van der Waals surface area contributed by atoms with Crippen molar-refractivity contribution in [3.05, 3.63) is 35.4 Å². The van der Waals surface area contributed by atoms with Crippen LogP contribution in [-0.2, 0) is 16.6 Å². The molecular weight excluding hydrogens is 256 g/mol. The largest absolute Gasteiger partial charge is 0.478 e. The first-order valence-corrected chi connectivity index (χ1v) is 6.76. The van der Waals surface area contributed by atoms with Crippen LogP contribution in [0.1, 0.15) is 15.9 Å². The molecule has 0 heterocycles. The number of rotatable bonds is 6. The van der Waals surface area contributed by atoms with Crippen LogP contribution in [0.4, 0.5) is 0 Å². The van der Waals surface area contributed by atoms with Crippen LogP contribution in [0.3, 0.4) is 0 Å². The number of hydrogen-bond donors (Lipinski definition) is 2. The molecule has 0 aliphatic heterocycles. The van der Waals surface area contributed by atoms with E-state index in [0.29, 0.717) is 6.42 Å². The van der Waals surface area contributed by atoms with Crippen molar-refractivity contribution >= 4 is 16.2 Å². The molecule has 0 radical (unpaired) electrons. The van der Waals surface area contributed by atoms with E-state index in [1.807, 2.05) is 0 Å². The summed E-state index contributed by atoms with van der Waals surface area (Å²) >= 11 is 0. The summed E-state index contributed by atoms with van der Waals surface area (Å²) in [6, 6.07) is 6.34. The quantitative estimate of drug-likeness (QED) is 0.781. The Labute approximate surface area is 106 Å². The number of hydrogen-bond acceptors (Lipinski definition) is 3. The maximum atomic E-state index is 11.4. The van der Waals surface area contributed by atoms with Gasteiger partial charge in [0.15, 0.2) is 0 Å². The summed E-state index contributed by atoms with van der Waals surface area (Å²) in [4.78, 5) is 10.6. The summed E-state index contributed by atoms with van der Waals surface area (Å²) in [5.41, 5.74) is 1.09. The van der Waals surface area contributed by atoms with Crippen molar-refractivity contribution < 1.29 is 18.3 Å². The van der Waals surface area contributed by atoms with Gasteiger partial charge in [0.1, 0.15) is 0 Å². The summed E-state index contributed by atoms with van der Waals surface area (Å²) in [5.74, 6) is -0.977. The monoisotopic (exact) mass is 272 g/mol. The Balaban J connectivity index is 2.52. The number of aromatic carboxylic acids is 1. The van der Waals surface area contributed by atoms with E-state index < -0.39 is 16.2 Å². The molecule has 0 aromatic heterocycles. The van der Waals surface area contributed by atoms with Crippen LogP contribution < -0.4 is 4.72 Å². The fourth-order valence-electron chi connectivity index (χ4n) is 1.27. The Morgan fingerprint density at radius 3 is 2.28 bits per heavy atom. The maximum absolute atomic E-state index is 11.4. The van der Waals surface area contributed by atoms with Crippen molar-refractivity contribution in [1.82, 2.24) is 9.03 Å². The summed E-state index contributed by atoms with van der Waals surface area (Å²) in [6.07, 6.45) is 0.507. The van der Waals surface area contributed by atoms with Gasteiger partial charge in [-0.05, 0) is 24.1 Å². The molecule has 0 saturated heterocycles. The van der Waals surface area contributed by atoms with Crippen LogP contribution >= 0.6 is 0 Å². The van der Waals surface area contributed by atoms with Crippen LogP contribution in [-0.4, -0.2) is 44.4 Å². The van der Waals surface area contributed by atoms with Crippen molar-refractivity contribution in [3.8, 4) is 0 Å². The van der Waals surface area contributed by atoms with Gasteiger partial charge in [0.05, 0.1) is 5.56 Å². The van der Waals surface area contributed by atoms with Gasteiger partial charge in [-0.1, -0.05) is 12.1 Å². The maximum Gasteiger partial charge on any atom is 0.335 e. The van der Waals surface area contributed by atoms with Crippen molar-refractivity contribution in [2.24, 2.45) is 0 Å². The number of nitrogens with one attached hydrogen (secondary N) is 1. The highest BCUT2D eigenvalue weighted by Crippen LogP contribution is 2.05. The van der Waals surface area contributed by atoms with E-state index in [9.17, 15) is 13.2 Å². The van der Waals surface area contributed by atoms with Crippen LogP contribution in [0, 0.1) is 0 Å². The molecular formula is C11H16N2O4S. The minimum atomic E-state index is -3.40. The van der Waals surface area contributed by atoms with Crippen molar-refractivity contribution in [1.29, 1.82) is 0 Å². The van der Waals surface area contributed by atoms with Gasteiger partial charge in [-0.25, -0.2) is 9.52 Å². The third kappa shape index (κ3) is 4.10. The molecule has 1 rings (SSSR count). The Morgan fingerprint density at radius 2 is 1.83 bits per heavy atom. The SMILES string of the molecule is CN(C)S(=O)(=O)NCCc1ccc(C(=O)O)cc1. The van der Waals surface area contributed by atoms with E-state index in [1.165, 1.54) is 26.2 Å². The average Bonchev–Trinajstić information content (AvgIpc) is 2.29. The average molecular weight is 272 g/mol. The lowest BCUT2D eigenvalue weighted by Crippen LogP contribution is -2.36. The molecule has 0 atom stereocenters. The second kappa shape index (κ2) is 5.94. The molecule has 0 fully saturated rings. The molecule has 0 bridgehead atoms. The van der Waals surface area contributed by atoms with E-state index in [2.05, 4.69) is 4.72 Å². The van der Waals surface area contributed by atoms with Crippen molar-refractivity contribution in [3.63, 3.8) is 0 Å². The zero-order chi connectivity index (χ0) is 13.8. The summed E-state index contributed by atoms with van der Waals surface area (Å²) < 4.78 is 26.3. The van der Waals surface area contributed by atoms with Crippen LogP contribution in [0.15, 0.2) is 24.3 Å². The third-order valence-electron chi connectivity index (χ3n) is 2.38. The normalized spacial score (nSPS) is 11.7. The molecule has 7 heteroatoms. The Bertz CT molecular complexity index is 508. The molecule has 1 aromatic rings. The Kier molecular flexibility index (Phi) is 4.83. The molecule has 0 aliphatic rings. The summed E-state index contributed by atoms with van der Waals surface area (Å²) in [7, 11) is -0.504. The van der Waals surface area contributed by atoms with Gasteiger partial charge in [-0.3, -0.25) is 0 Å². The van der Waals surface area contributed by atoms with Gasteiger partial charge in [0.2, 0.25) is 0 Å². The fourth-order valence-corrected chi connectivity index (χ4v) is 1.89. The molecule has 0 aliphatic carbocycles. The summed E-state index contributed by atoms with van der Waals surface area (Å²) in [6.45, 7) is 0.271. The van der Waals surface area contributed by atoms with Gasteiger partial charge in [-0.15, -0.1) is 0 Å². The van der Waals surface area contributed by atoms with E-state index in [0.717, 1.165) is 9.87 Å². The minimum Gasteiger partial charge on any atom is -0.478 e. The fraction of sp³-hybridized carbons (Fsp3) is 0.364. The smallest absolute Gasteiger partial charge is 0.335 e. The second-order valence-corrected chi connectivity index (χ2v) is 5.90. The van der Waals surface area contributed by atoms with Gasteiger partial charge in [-0.2, -0.15) is 12.7 Å². The number of nitrogens with zero attached hydrogens (tertiary/aromatic N) is 1. The topological polar surface area (TPSA) is 86.7 Å². The predicted molar refractivity (Wildman–Crippen MR) is 67.7 cm³/mol. The highest BCUT2D eigenvalue weighted by atomic mass is 32.2. The number of benzene rings is 1. The first-order valence-electron chi connectivity index (χ1n) is 5.32. The zero-order valence-corrected chi connectivity index (χ0v) is 11.1. The first-order chi connectivity index (χ1) is 8.33. The first kappa shape index (κ1) is 14.6.